The zero-order chi connectivity index (χ0) is 18.4. The maximum atomic E-state index is 12.2. The Balaban J connectivity index is 1.98. The molecule has 0 aliphatic carbocycles. The number of nitrogens with one attached hydrogen (secondary N) is 1. The highest BCUT2D eigenvalue weighted by atomic mass is 16.6. The Labute approximate surface area is 146 Å². The second-order valence-corrected chi connectivity index (χ2v) is 5.71. The number of nitro benzene ring substituents is 1. The fraction of sp³-hybridized carbons (Fsp3) is 0.278. The minimum absolute atomic E-state index is 0.0400. The zero-order valence-corrected chi connectivity index (χ0v) is 14.4. The summed E-state index contributed by atoms with van der Waals surface area (Å²) < 4.78 is 0. The molecule has 0 bridgehead atoms. The average Bonchev–Trinajstić information content (AvgIpc) is 2.58. The highest BCUT2D eigenvalue weighted by Gasteiger charge is 2.15. The monoisotopic (exact) mass is 342 g/mol. The lowest BCUT2D eigenvalue weighted by atomic mass is 10.1. The number of likely N-dealkylation sites (N-methyl/N-ethyl adjacent to an activating group) is 1. The maximum Gasteiger partial charge on any atom is 0.292 e. The molecule has 2 rings (SSSR count). The van der Waals surface area contributed by atoms with Crippen LogP contribution in [-0.2, 0) is 0 Å². The molecule has 0 heterocycles. The summed E-state index contributed by atoms with van der Waals surface area (Å²) in [4.78, 5) is 24.7. The number of hydrogen-bond donors (Lipinski definition) is 2. The third kappa shape index (κ3) is 4.69. The Kier molecular flexibility index (Phi) is 5.94. The summed E-state index contributed by atoms with van der Waals surface area (Å²) in [6.07, 6.45) is 0. The molecule has 1 amide bonds. The zero-order valence-electron chi connectivity index (χ0n) is 14.4. The van der Waals surface area contributed by atoms with E-state index in [0.717, 1.165) is 12.2 Å². The van der Waals surface area contributed by atoms with Gasteiger partial charge >= 0.3 is 0 Å². The van der Waals surface area contributed by atoms with Crippen LogP contribution in [0.3, 0.4) is 0 Å². The first kappa shape index (κ1) is 18.3. The van der Waals surface area contributed by atoms with Gasteiger partial charge in [-0.15, -0.1) is 0 Å². The van der Waals surface area contributed by atoms with Crippen molar-refractivity contribution in [3.05, 3.63) is 63.7 Å². The largest absolute Gasteiger partial charge is 0.393 e. The minimum atomic E-state index is -0.595. The third-order valence-electron chi connectivity index (χ3n) is 3.91. The highest BCUT2D eigenvalue weighted by Crippen LogP contribution is 2.22. The van der Waals surface area contributed by atoms with Crippen molar-refractivity contribution >= 4 is 23.0 Å². The smallest absolute Gasteiger partial charge is 0.292 e. The Morgan fingerprint density at radius 3 is 2.68 bits per heavy atom. The van der Waals surface area contributed by atoms with Crippen LogP contribution in [0.5, 0.6) is 0 Å². The topological polar surface area (TPSA) is 102 Å². The van der Waals surface area contributed by atoms with Crippen LogP contribution in [0.4, 0.5) is 17.1 Å². The SMILES string of the molecule is CCN(CCNC(=O)c1ccc(N)c([N+](=O)[O-])c1)c1cccc(C)c1. The second-order valence-electron chi connectivity index (χ2n) is 5.71. The molecule has 0 atom stereocenters. The van der Waals surface area contributed by atoms with Crippen LogP contribution < -0.4 is 16.0 Å². The van der Waals surface area contributed by atoms with Crippen molar-refractivity contribution in [1.29, 1.82) is 0 Å². The van der Waals surface area contributed by atoms with Crippen molar-refractivity contribution in [2.75, 3.05) is 30.3 Å². The molecule has 132 valence electrons. The van der Waals surface area contributed by atoms with Gasteiger partial charge in [-0.1, -0.05) is 12.1 Å². The van der Waals surface area contributed by atoms with Gasteiger partial charge in [0.25, 0.3) is 11.6 Å². The van der Waals surface area contributed by atoms with Crippen molar-refractivity contribution in [2.45, 2.75) is 13.8 Å². The van der Waals surface area contributed by atoms with Crippen LogP contribution in [0.15, 0.2) is 42.5 Å². The molecule has 0 fully saturated rings. The Morgan fingerprint density at radius 2 is 2.04 bits per heavy atom. The summed E-state index contributed by atoms with van der Waals surface area (Å²) in [5.74, 6) is -0.358. The maximum absolute atomic E-state index is 12.2. The lowest BCUT2D eigenvalue weighted by Gasteiger charge is -2.23. The van der Waals surface area contributed by atoms with Gasteiger partial charge in [0.05, 0.1) is 4.92 Å². The van der Waals surface area contributed by atoms with Crippen LogP contribution in [0, 0.1) is 17.0 Å². The minimum Gasteiger partial charge on any atom is -0.393 e. The molecule has 0 aromatic heterocycles. The van der Waals surface area contributed by atoms with Crippen molar-refractivity contribution in [3.63, 3.8) is 0 Å². The highest BCUT2D eigenvalue weighted by molar-refractivity contribution is 5.95. The van der Waals surface area contributed by atoms with E-state index >= 15 is 0 Å². The molecular formula is C18H22N4O3. The number of nitro groups is 1. The molecule has 0 saturated heterocycles. The van der Waals surface area contributed by atoms with Gasteiger partial charge in [0.1, 0.15) is 5.69 Å². The summed E-state index contributed by atoms with van der Waals surface area (Å²) in [6.45, 7) is 5.97. The fourth-order valence-electron chi connectivity index (χ4n) is 2.54. The molecule has 25 heavy (non-hydrogen) atoms. The molecule has 0 radical (unpaired) electrons. The normalized spacial score (nSPS) is 10.3. The van der Waals surface area contributed by atoms with E-state index in [1.54, 1.807) is 0 Å². The van der Waals surface area contributed by atoms with Gasteiger partial charge < -0.3 is 16.0 Å². The fourth-order valence-corrected chi connectivity index (χ4v) is 2.54. The van der Waals surface area contributed by atoms with Gasteiger partial charge in [-0.3, -0.25) is 14.9 Å². The lowest BCUT2D eigenvalue weighted by Crippen LogP contribution is -2.35. The second kappa shape index (κ2) is 8.14. The van der Waals surface area contributed by atoms with E-state index in [4.69, 9.17) is 5.73 Å². The van der Waals surface area contributed by atoms with Crippen molar-refractivity contribution < 1.29 is 9.72 Å². The van der Waals surface area contributed by atoms with Gasteiger partial charge in [0.15, 0.2) is 0 Å². The quantitative estimate of drug-likeness (QED) is 0.458. The standard InChI is InChI=1S/C18H22N4O3/c1-3-21(15-6-4-5-13(2)11-15)10-9-20-18(23)14-7-8-16(19)17(12-14)22(24)25/h4-8,11-12H,3,9-10,19H2,1-2H3,(H,20,23). The lowest BCUT2D eigenvalue weighted by molar-refractivity contribution is -0.383. The van der Waals surface area contributed by atoms with E-state index in [2.05, 4.69) is 16.3 Å². The molecule has 0 aliphatic rings. The van der Waals surface area contributed by atoms with E-state index < -0.39 is 4.92 Å². The number of rotatable bonds is 7. The molecule has 7 heteroatoms. The molecule has 7 nitrogen and oxygen atoms in total. The number of hydrogen-bond acceptors (Lipinski definition) is 5. The number of carbonyl (C=O) groups excluding carboxylic acids is 1. The molecule has 0 aliphatic heterocycles. The first-order valence-corrected chi connectivity index (χ1v) is 8.06. The number of aryl methyl sites for hydroxylation is 1. The molecule has 0 spiro atoms. The number of anilines is 2. The van der Waals surface area contributed by atoms with Gasteiger partial charge in [0, 0.05) is 37.0 Å². The predicted octanol–water partition coefficient (Wildman–Crippen LogP) is 2.74. The van der Waals surface area contributed by atoms with Gasteiger partial charge in [-0.2, -0.15) is 0 Å². The van der Waals surface area contributed by atoms with Crippen molar-refractivity contribution in [2.24, 2.45) is 0 Å². The van der Waals surface area contributed by atoms with E-state index in [0.29, 0.717) is 13.1 Å². The summed E-state index contributed by atoms with van der Waals surface area (Å²) in [5.41, 5.74) is 7.82. The Morgan fingerprint density at radius 1 is 1.28 bits per heavy atom. The van der Waals surface area contributed by atoms with Gasteiger partial charge in [-0.05, 0) is 43.7 Å². The van der Waals surface area contributed by atoms with Crippen LogP contribution in [0.1, 0.15) is 22.8 Å². The summed E-state index contributed by atoms with van der Waals surface area (Å²) in [7, 11) is 0. The number of nitrogen functional groups attached to an aromatic ring is 1. The first-order chi connectivity index (χ1) is 11.9. The Bertz CT molecular complexity index is 777. The van der Waals surface area contributed by atoms with Crippen LogP contribution in [0.2, 0.25) is 0 Å². The first-order valence-electron chi connectivity index (χ1n) is 8.06. The summed E-state index contributed by atoms with van der Waals surface area (Å²) in [5, 5.41) is 13.7. The molecule has 0 saturated carbocycles. The number of carbonyl (C=O) groups is 1. The number of nitrogens with two attached hydrogens (primary N) is 1. The molecule has 2 aromatic rings. The van der Waals surface area contributed by atoms with Crippen molar-refractivity contribution in [1.82, 2.24) is 5.32 Å². The number of benzene rings is 2. The number of nitrogens with zero attached hydrogens (tertiary/aromatic N) is 2. The van der Waals surface area contributed by atoms with Gasteiger partial charge in [0.2, 0.25) is 0 Å². The molecule has 0 unspecified atom stereocenters. The molecule has 2 aromatic carbocycles. The summed E-state index contributed by atoms with van der Waals surface area (Å²) in [6, 6.07) is 12.2. The Hall–Kier alpha value is -3.09. The van der Waals surface area contributed by atoms with Crippen LogP contribution in [0.25, 0.3) is 0 Å². The van der Waals surface area contributed by atoms with E-state index in [1.165, 1.54) is 23.8 Å². The molecule has 3 N–H and O–H groups in total. The third-order valence-corrected chi connectivity index (χ3v) is 3.91. The van der Waals surface area contributed by atoms with Crippen LogP contribution in [-0.4, -0.2) is 30.5 Å². The van der Waals surface area contributed by atoms with E-state index in [-0.39, 0.29) is 22.8 Å². The van der Waals surface area contributed by atoms with E-state index in [9.17, 15) is 14.9 Å². The summed E-state index contributed by atoms with van der Waals surface area (Å²) >= 11 is 0. The predicted molar refractivity (Wildman–Crippen MR) is 98.9 cm³/mol. The average molecular weight is 342 g/mol. The van der Waals surface area contributed by atoms with Gasteiger partial charge in [-0.25, -0.2) is 0 Å². The molecular weight excluding hydrogens is 320 g/mol. The van der Waals surface area contributed by atoms with E-state index in [1.807, 2.05) is 32.0 Å². The van der Waals surface area contributed by atoms with Crippen molar-refractivity contribution in [3.8, 4) is 0 Å². The number of amides is 1. The van der Waals surface area contributed by atoms with Crippen LogP contribution >= 0.6 is 0 Å².